The summed E-state index contributed by atoms with van der Waals surface area (Å²) < 4.78 is 5.06. The average molecular weight is 246 g/mol. The monoisotopic (exact) mass is 246 g/mol. The van der Waals surface area contributed by atoms with E-state index in [1.165, 1.54) is 23.3 Å². The highest BCUT2D eigenvalue weighted by Gasteiger charge is 2.13. The molecule has 15 heavy (non-hydrogen) atoms. The van der Waals surface area contributed by atoms with E-state index in [9.17, 15) is 4.79 Å². The second-order valence-corrected chi connectivity index (χ2v) is 6.04. The van der Waals surface area contributed by atoms with Crippen LogP contribution in [-0.4, -0.2) is 25.7 Å². The van der Waals surface area contributed by atoms with Crippen LogP contribution >= 0.6 is 23.3 Å². The Morgan fingerprint density at radius 2 is 2.20 bits per heavy atom. The van der Waals surface area contributed by atoms with Gasteiger partial charge in [-0.15, -0.1) is 0 Å². The molecule has 0 fully saturated rings. The van der Waals surface area contributed by atoms with Crippen LogP contribution < -0.4 is 0 Å². The van der Waals surface area contributed by atoms with E-state index in [-0.39, 0.29) is 11.7 Å². The summed E-state index contributed by atoms with van der Waals surface area (Å²) in [7, 11) is 0. The molecule has 0 amide bonds. The molecule has 0 aromatic carbocycles. The van der Waals surface area contributed by atoms with Crippen molar-refractivity contribution >= 4 is 29.3 Å². The largest absolute Gasteiger partial charge is 0.481 e. The summed E-state index contributed by atoms with van der Waals surface area (Å²) in [6.07, 6.45) is 0.154. The zero-order chi connectivity index (χ0) is 11.4. The summed E-state index contributed by atoms with van der Waals surface area (Å²) in [4.78, 5) is 14.8. The summed E-state index contributed by atoms with van der Waals surface area (Å²) in [5.74, 6) is 0.388. The lowest BCUT2D eigenvalue weighted by Gasteiger charge is -2.03. The molecule has 0 aliphatic heterocycles. The van der Waals surface area contributed by atoms with E-state index in [0.717, 1.165) is 10.2 Å². The Balaban J connectivity index is 2.53. The van der Waals surface area contributed by atoms with E-state index in [1.54, 1.807) is 0 Å². The third kappa shape index (κ3) is 4.17. The number of hydrogen-bond acceptors (Lipinski definition) is 5. The van der Waals surface area contributed by atoms with Gasteiger partial charge in [0.1, 0.15) is 5.82 Å². The number of aromatic nitrogens is 2. The van der Waals surface area contributed by atoms with Crippen LogP contribution in [0, 0.1) is 0 Å². The SMILES string of the molecule is CC(CC(=O)O)Sc1nc(C(C)C)ns1. The molecule has 0 aliphatic carbocycles. The fourth-order valence-corrected chi connectivity index (χ4v) is 3.01. The molecule has 1 heterocycles. The molecule has 0 bridgehead atoms. The minimum Gasteiger partial charge on any atom is -0.481 e. The zero-order valence-electron chi connectivity index (χ0n) is 8.93. The normalized spacial score (nSPS) is 13.1. The van der Waals surface area contributed by atoms with Gasteiger partial charge in [-0.3, -0.25) is 4.79 Å². The summed E-state index contributed by atoms with van der Waals surface area (Å²) in [5, 5.41) is 8.65. The van der Waals surface area contributed by atoms with Crippen molar-refractivity contribution < 1.29 is 9.90 Å². The Morgan fingerprint density at radius 3 is 2.67 bits per heavy atom. The molecule has 0 saturated heterocycles. The fourth-order valence-electron chi connectivity index (χ4n) is 0.962. The van der Waals surface area contributed by atoms with E-state index >= 15 is 0 Å². The molecular weight excluding hydrogens is 232 g/mol. The first kappa shape index (κ1) is 12.4. The van der Waals surface area contributed by atoms with Gasteiger partial charge in [-0.25, -0.2) is 4.98 Å². The molecular formula is C9H14N2O2S2. The highest BCUT2D eigenvalue weighted by molar-refractivity contribution is 8.01. The van der Waals surface area contributed by atoms with Gasteiger partial charge in [-0.1, -0.05) is 32.5 Å². The Labute approximate surface area is 97.3 Å². The summed E-state index contributed by atoms with van der Waals surface area (Å²) in [6, 6.07) is 0. The fraction of sp³-hybridized carbons (Fsp3) is 0.667. The van der Waals surface area contributed by atoms with Crippen molar-refractivity contribution in [2.75, 3.05) is 0 Å². The molecule has 1 aromatic heterocycles. The molecule has 1 unspecified atom stereocenters. The quantitative estimate of drug-likeness (QED) is 0.809. The first-order valence-electron chi connectivity index (χ1n) is 4.71. The van der Waals surface area contributed by atoms with Crippen LogP contribution in [0.15, 0.2) is 4.34 Å². The van der Waals surface area contributed by atoms with Gasteiger partial charge in [0, 0.05) is 11.2 Å². The average Bonchev–Trinajstić information content (AvgIpc) is 2.50. The molecule has 1 atom stereocenters. The van der Waals surface area contributed by atoms with Crippen molar-refractivity contribution in [2.45, 2.75) is 42.7 Å². The van der Waals surface area contributed by atoms with Crippen LogP contribution in [0.4, 0.5) is 0 Å². The van der Waals surface area contributed by atoms with Crippen LogP contribution in [-0.2, 0) is 4.79 Å². The number of rotatable bonds is 5. The maximum absolute atomic E-state index is 10.5. The maximum Gasteiger partial charge on any atom is 0.304 e. The van der Waals surface area contributed by atoms with Crippen LogP contribution in [0.2, 0.25) is 0 Å². The first-order chi connectivity index (χ1) is 6.99. The topological polar surface area (TPSA) is 63.1 Å². The summed E-state index contributed by atoms with van der Waals surface area (Å²) in [5.41, 5.74) is 0. The first-order valence-corrected chi connectivity index (χ1v) is 6.36. The number of carboxylic acid groups (broad SMARTS) is 1. The van der Waals surface area contributed by atoms with Gasteiger partial charge in [0.2, 0.25) is 0 Å². The molecule has 84 valence electrons. The van der Waals surface area contributed by atoms with E-state index in [2.05, 4.69) is 9.36 Å². The van der Waals surface area contributed by atoms with Gasteiger partial charge < -0.3 is 5.11 Å². The summed E-state index contributed by atoms with van der Waals surface area (Å²) >= 11 is 2.82. The second kappa shape index (κ2) is 5.46. The predicted molar refractivity (Wildman–Crippen MR) is 61.6 cm³/mol. The second-order valence-electron chi connectivity index (χ2n) is 3.60. The number of carbonyl (C=O) groups is 1. The van der Waals surface area contributed by atoms with Gasteiger partial charge >= 0.3 is 5.97 Å². The number of carboxylic acids is 1. The van der Waals surface area contributed by atoms with Gasteiger partial charge in [0.05, 0.1) is 6.42 Å². The van der Waals surface area contributed by atoms with Gasteiger partial charge in [-0.2, -0.15) is 4.37 Å². The Kier molecular flexibility index (Phi) is 4.53. The zero-order valence-corrected chi connectivity index (χ0v) is 10.6. The lowest BCUT2D eigenvalue weighted by molar-refractivity contribution is -0.136. The molecule has 0 spiro atoms. The highest BCUT2D eigenvalue weighted by Crippen LogP contribution is 2.28. The molecule has 0 saturated carbocycles. The van der Waals surface area contributed by atoms with Crippen molar-refractivity contribution in [2.24, 2.45) is 0 Å². The predicted octanol–water partition coefficient (Wildman–Crippen LogP) is 2.62. The Hall–Kier alpha value is -0.620. The number of aliphatic carboxylic acids is 1. The molecule has 0 radical (unpaired) electrons. The number of thioether (sulfide) groups is 1. The Bertz CT molecular complexity index is 339. The minimum atomic E-state index is -0.774. The van der Waals surface area contributed by atoms with Crippen molar-refractivity contribution in [3.05, 3.63) is 5.82 Å². The molecule has 6 heteroatoms. The highest BCUT2D eigenvalue weighted by atomic mass is 32.2. The van der Waals surface area contributed by atoms with Crippen LogP contribution in [0.1, 0.15) is 38.9 Å². The standard InChI is InChI=1S/C9H14N2O2S2/c1-5(2)8-10-9(15-11-8)14-6(3)4-7(12)13/h5-6H,4H2,1-3H3,(H,12,13). The third-order valence-electron chi connectivity index (χ3n) is 1.70. The van der Waals surface area contributed by atoms with Crippen LogP contribution in [0.25, 0.3) is 0 Å². The molecule has 0 aliphatic rings. The molecule has 1 N–H and O–H groups in total. The van der Waals surface area contributed by atoms with Crippen molar-refractivity contribution in [3.8, 4) is 0 Å². The van der Waals surface area contributed by atoms with E-state index in [4.69, 9.17) is 5.11 Å². The number of hydrogen-bond donors (Lipinski definition) is 1. The lowest BCUT2D eigenvalue weighted by atomic mass is 10.2. The van der Waals surface area contributed by atoms with Crippen LogP contribution in [0.3, 0.4) is 0 Å². The molecule has 1 aromatic rings. The summed E-state index contributed by atoms with van der Waals surface area (Å²) in [6.45, 7) is 5.96. The molecule has 4 nitrogen and oxygen atoms in total. The van der Waals surface area contributed by atoms with Gasteiger partial charge in [0.15, 0.2) is 4.34 Å². The smallest absolute Gasteiger partial charge is 0.304 e. The maximum atomic E-state index is 10.5. The lowest BCUT2D eigenvalue weighted by Crippen LogP contribution is -2.05. The molecule has 1 rings (SSSR count). The van der Waals surface area contributed by atoms with E-state index in [1.807, 2.05) is 20.8 Å². The van der Waals surface area contributed by atoms with Crippen molar-refractivity contribution in [1.82, 2.24) is 9.36 Å². The van der Waals surface area contributed by atoms with Gasteiger partial charge in [0.25, 0.3) is 0 Å². The van der Waals surface area contributed by atoms with Crippen molar-refractivity contribution in [3.63, 3.8) is 0 Å². The third-order valence-corrected chi connectivity index (χ3v) is 3.60. The Morgan fingerprint density at radius 1 is 1.53 bits per heavy atom. The van der Waals surface area contributed by atoms with E-state index < -0.39 is 5.97 Å². The minimum absolute atomic E-state index is 0.0375. The van der Waals surface area contributed by atoms with E-state index in [0.29, 0.717) is 5.92 Å². The number of nitrogens with zero attached hydrogens (tertiary/aromatic N) is 2. The van der Waals surface area contributed by atoms with Gasteiger partial charge in [-0.05, 0) is 11.5 Å². The van der Waals surface area contributed by atoms with Crippen molar-refractivity contribution in [1.29, 1.82) is 0 Å². The van der Waals surface area contributed by atoms with Crippen LogP contribution in [0.5, 0.6) is 0 Å².